The molecular weight excluding hydrogens is 290 g/mol. The van der Waals surface area contributed by atoms with Crippen molar-refractivity contribution in [1.29, 1.82) is 0 Å². The van der Waals surface area contributed by atoms with Crippen LogP contribution in [0.4, 0.5) is 0 Å². The molecule has 1 aliphatic heterocycles. The van der Waals surface area contributed by atoms with Crippen molar-refractivity contribution in [2.24, 2.45) is 0 Å². The molecule has 2 heterocycles. The summed E-state index contributed by atoms with van der Waals surface area (Å²) in [5, 5.41) is 3.61. The summed E-state index contributed by atoms with van der Waals surface area (Å²) in [7, 11) is 0. The van der Waals surface area contributed by atoms with E-state index >= 15 is 0 Å². The summed E-state index contributed by atoms with van der Waals surface area (Å²) in [6.07, 6.45) is 3.06. The maximum Gasteiger partial charge on any atom is 0.0544 e. The van der Waals surface area contributed by atoms with Gasteiger partial charge in [0.25, 0.3) is 0 Å². The van der Waals surface area contributed by atoms with Crippen molar-refractivity contribution in [3.8, 4) is 0 Å². The highest BCUT2D eigenvalue weighted by Crippen LogP contribution is 2.19. The SMILES string of the molecule is CCC1CNC(C)(C)CN1Cc1ccc(Br)cn1. The highest BCUT2D eigenvalue weighted by Gasteiger charge is 2.31. The highest BCUT2D eigenvalue weighted by atomic mass is 79.9. The van der Waals surface area contributed by atoms with Crippen LogP contribution < -0.4 is 5.32 Å². The summed E-state index contributed by atoms with van der Waals surface area (Å²) in [6.45, 7) is 9.87. The largest absolute Gasteiger partial charge is 0.309 e. The van der Waals surface area contributed by atoms with E-state index in [4.69, 9.17) is 0 Å². The number of piperazine rings is 1. The average molecular weight is 312 g/mol. The van der Waals surface area contributed by atoms with Gasteiger partial charge in [-0.3, -0.25) is 9.88 Å². The molecule has 1 aromatic rings. The predicted octanol–water partition coefficient (Wildman–Crippen LogP) is 2.81. The predicted molar refractivity (Wildman–Crippen MR) is 78.5 cm³/mol. The van der Waals surface area contributed by atoms with Crippen LogP contribution in [0.1, 0.15) is 32.9 Å². The third-order valence-corrected chi connectivity index (χ3v) is 4.03. The molecule has 0 radical (unpaired) electrons. The maximum atomic E-state index is 4.48. The Morgan fingerprint density at radius 1 is 1.50 bits per heavy atom. The van der Waals surface area contributed by atoms with Crippen molar-refractivity contribution in [3.63, 3.8) is 0 Å². The van der Waals surface area contributed by atoms with Crippen LogP contribution in [0.2, 0.25) is 0 Å². The molecule has 2 rings (SSSR count). The van der Waals surface area contributed by atoms with Gasteiger partial charge >= 0.3 is 0 Å². The maximum absolute atomic E-state index is 4.48. The number of nitrogens with one attached hydrogen (secondary N) is 1. The second kappa shape index (κ2) is 5.68. The first kappa shape index (κ1) is 14.0. The Morgan fingerprint density at radius 3 is 2.89 bits per heavy atom. The average Bonchev–Trinajstić information content (AvgIpc) is 2.31. The van der Waals surface area contributed by atoms with Gasteiger partial charge in [0.2, 0.25) is 0 Å². The standard InChI is InChI=1S/C14H22BrN3/c1-4-13-8-17-14(2,3)10-18(13)9-12-6-5-11(15)7-16-12/h5-7,13,17H,4,8-10H2,1-3H3. The van der Waals surface area contributed by atoms with Crippen LogP contribution in [0, 0.1) is 0 Å². The number of rotatable bonds is 3. The zero-order valence-corrected chi connectivity index (χ0v) is 13.0. The van der Waals surface area contributed by atoms with Crippen molar-refractivity contribution in [2.45, 2.75) is 45.3 Å². The van der Waals surface area contributed by atoms with Gasteiger partial charge in [0, 0.05) is 41.9 Å². The lowest BCUT2D eigenvalue weighted by Gasteiger charge is -2.44. The quantitative estimate of drug-likeness (QED) is 0.930. The topological polar surface area (TPSA) is 28.2 Å². The van der Waals surface area contributed by atoms with Crippen LogP contribution in [-0.4, -0.2) is 34.6 Å². The minimum Gasteiger partial charge on any atom is -0.309 e. The summed E-state index contributed by atoms with van der Waals surface area (Å²) in [5.74, 6) is 0. The van der Waals surface area contributed by atoms with E-state index in [1.54, 1.807) is 0 Å². The second-order valence-corrected chi connectivity index (χ2v) is 6.62. The lowest BCUT2D eigenvalue weighted by atomic mass is 9.97. The third-order valence-electron chi connectivity index (χ3n) is 3.56. The van der Waals surface area contributed by atoms with E-state index in [0.717, 1.165) is 29.8 Å². The first-order valence-electron chi connectivity index (χ1n) is 6.60. The van der Waals surface area contributed by atoms with Gasteiger partial charge in [-0.15, -0.1) is 0 Å². The summed E-state index contributed by atoms with van der Waals surface area (Å²) in [5.41, 5.74) is 1.34. The zero-order chi connectivity index (χ0) is 13.2. The molecule has 3 nitrogen and oxygen atoms in total. The minimum absolute atomic E-state index is 0.195. The summed E-state index contributed by atoms with van der Waals surface area (Å²) in [6, 6.07) is 4.78. The van der Waals surface area contributed by atoms with Gasteiger partial charge in [0.05, 0.1) is 5.69 Å². The molecule has 1 atom stereocenters. The summed E-state index contributed by atoms with van der Waals surface area (Å²) >= 11 is 3.43. The molecule has 0 bridgehead atoms. The number of hydrogen-bond donors (Lipinski definition) is 1. The first-order chi connectivity index (χ1) is 8.50. The van der Waals surface area contributed by atoms with Gasteiger partial charge in [-0.2, -0.15) is 0 Å². The molecule has 0 amide bonds. The van der Waals surface area contributed by atoms with Gasteiger partial charge in [0.15, 0.2) is 0 Å². The second-order valence-electron chi connectivity index (χ2n) is 5.70. The molecule has 1 N–H and O–H groups in total. The Hall–Kier alpha value is -0.450. The molecule has 1 saturated heterocycles. The van der Waals surface area contributed by atoms with Crippen LogP contribution in [0.3, 0.4) is 0 Å². The smallest absolute Gasteiger partial charge is 0.0544 e. The van der Waals surface area contributed by atoms with Gasteiger partial charge in [0.1, 0.15) is 0 Å². The minimum atomic E-state index is 0.195. The number of nitrogens with zero attached hydrogens (tertiary/aromatic N) is 2. The van der Waals surface area contributed by atoms with Crippen LogP contribution in [0.25, 0.3) is 0 Å². The van der Waals surface area contributed by atoms with Crippen molar-refractivity contribution in [2.75, 3.05) is 13.1 Å². The van der Waals surface area contributed by atoms with Gasteiger partial charge < -0.3 is 5.32 Å². The lowest BCUT2D eigenvalue weighted by molar-refractivity contribution is 0.0847. The van der Waals surface area contributed by atoms with E-state index in [1.807, 2.05) is 6.20 Å². The zero-order valence-electron chi connectivity index (χ0n) is 11.4. The van der Waals surface area contributed by atoms with Crippen LogP contribution in [-0.2, 0) is 6.54 Å². The summed E-state index contributed by atoms with van der Waals surface area (Å²) < 4.78 is 1.04. The first-order valence-corrected chi connectivity index (χ1v) is 7.39. The molecule has 1 unspecified atom stereocenters. The van der Waals surface area contributed by atoms with Gasteiger partial charge in [-0.05, 0) is 48.3 Å². The molecule has 1 fully saturated rings. The molecule has 0 aromatic carbocycles. The lowest BCUT2D eigenvalue weighted by Crippen LogP contribution is -2.61. The fourth-order valence-electron chi connectivity index (χ4n) is 2.51. The number of pyridine rings is 1. The van der Waals surface area contributed by atoms with E-state index in [9.17, 15) is 0 Å². The van der Waals surface area contributed by atoms with E-state index in [-0.39, 0.29) is 5.54 Å². The fourth-order valence-corrected chi connectivity index (χ4v) is 2.75. The van der Waals surface area contributed by atoms with Gasteiger partial charge in [-0.1, -0.05) is 6.92 Å². The van der Waals surface area contributed by atoms with Crippen molar-refractivity contribution < 1.29 is 0 Å². The summed E-state index contributed by atoms with van der Waals surface area (Å²) in [4.78, 5) is 7.03. The van der Waals surface area contributed by atoms with Crippen LogP contribution in [0.15, 0.2) is 22.8 Å². The monoisotopic (exact) mass is 311 g/mol. The molecule has 0 saturated carbocycles. The molecule has 1 aliphatic rings. The van der Waals surface area contributed by atoms with Crippen molar-refractivity contribution in [3.05, 3.63) is 28.5 Å². The normalized spacial score (nSPS) is 24.1. The van der Waals surface area contributed by atoms with E-state index in [0.29, 0.717) is 6.04 Å². The van der Waals surface area contributed by atoms with Crippen LogP contribution in [0.5, 0.6) is 0 Å². The molecule has 1 aromatic heterocycles. The molecule has 100 valence electrons. The highest BCUT2D eigenvalue weighted by molar-refractivity contribution is 9.10. The Bertz CT molecular complexity index is 389. The third kappa shape index (κ3) is 3.53. The Labute approximate surface area is 118 Å². The van der Waals surface area contributed by atoms with Crippen LogP contribution >= 0.6 is 15.9 Å². The number of halogens is 1. The number of aromatic nitrogens is 1. The van der Waals surface area contributed by atoms with Crippen molar-refractivity contribution >= 4 is 15.9 Å². The Kier molecular flexibility index (Phi) is 4.41. The molecule has 0 spiro atoms. The molecular formula is C14H22BrN3. The van der Waals surface area contributed by atoms with Crippen molar-refractivity contribution in [1.82, 2.24) is 15.2 Å². The Balaban J connectivity index is 2.07. The van der Waals surface area contributed by atoms with Gasteiger partial charge in [-0.25, -0.2) is 0 Å². The number of hydrogen-bond acceptors (Lipinski definition) is 3. The molecule has 18 heavy (non-hydrogen) atoms. The van der Waals surface area contributed by atoms with E-state index in [1.165, 1.54) is 6.42 Å². The van der Waals surface area contributed by atoms with E-state index < -0.39 is 0 Å². The molecule has 4 heteroatoms. The Morgan fingerprint density at radius 2 is 2.28 bits per heavy atom. The van der Waals surface area contributed by atoms with E-state index in [2.05, 4.69) is 64.0 Å². The fraction of sp³-hybridized carbons (Fsp3) is 0.643. The molecule has 0 aliphatic carbocycles.